The third-order valence-electron chi connectivity index (χ3n) is 4.74. The highest BCUT2D eigenvalue weighted by molar-refractivity contribution is 6.01. The Balaban J connectivity index is 1.73. The number of ether oxygens (including phenoxy) is 1. The third kappa shape index (κ3) is 3.72. The quantitative estimate of drug-likeness (QED) is 0.831. The van der Waals surface area contributed by atoms with Crippen molar-refractivity contribution in [1.82, 2.24) is 4.90 Å². The summed E-state index contributed by atoms with van der Waals surface area (Å²) < 4.78 is 5.39. The Morgan fingerprint density at radius 3 is 2.65 bits per heavy atom. The average Bonchev–Trinajstić information content (AvgIpc) is 3.03. The first-order valence-electron chi connectivity index (χ1n) is 8.73. The van der Waals surface area contributed by atoms with Crippen LogP contribution in [0.3, 0.4) is 0 Å². The van der Waals surface area contributed by atoms with E-state index in [-0.39, 0.29) is 24.2 Å². The van der Waals surface area contributed by atoms with Crippen molar-refractivity contribution in [3.8, 4) is 5.75 Å². The van der Waals surface area contributed by atoms with Crippen LogP contribution in [0.4, 0.5) is 5.69 Å². The molecule has 2 aromatic carbocycles. The number of methoxy groups -OCH3 is 1. The Labute approximate surface area is 154 Å². The molecule has 2 amide bonds. The molecule has 1 unspecified atom stereocenters. The molecule has 0 radical (unpaired) electrons. The lowest BCUT2D eigenvalue weighted by atomic mass is 10.1. The van der Waals surface area contributed by atoms with Crippen molar-refractivity contribution >= 4 is 17.5 Å². The Morgan fingerprint density at radius 2 is 1.96 bits per heavy atom. The van der Waals surface area contributed by atoms with E-state index in [1.165, 1.54) is 0 Å². The van der Waals surface area contributed by atoms with Gasteiger partial charge in [0.25, 0.3) is 0 Å². The number of nitrogens with zero attached hydrogens (tertiary/aromatic N) is 2. The van der Waals surface area contributed by atoms with Gasteiger partial charge in [0.05, 0.1) is 18.7 Å². The maximum Gasteiger partial charge on any atom is 0.228 e. The number of hydrogen-bond acceptors (Lipinski definition) is 3. The number of amides is 2. The van der Waals surface area contributed by atoms with Crippen LogP contribution in [0.1, 0.15) is 17.5 Å². The smallest absolute Gasteiger partial charge is 0.228 e. The minimum atomic E-state index is -0.332. The minimum Gasteiger partial charge on any atom is -0.495 e. The van der Waals surface area contributed by atoms with Crippen molar-refractivity contribution < 1.29 is 14.3 Å². The largest absolute Gasteiger partial charge is 0.495 e. The van der Waals surface area contributed by atoms with Crippen molar-refractivity contribution in [1.29, 1.82) is 0 Å². The molecule has 1 aliphatic heterocycles. The summed E-state index contributed by atoms with van der Waals surface area (Å²) >= 11 is 0. The summed E-state index contributed by atoms with van der Waals surface area (Å²) in [6.07, 6.45) is 0.231. The number of benzene rings is 2. The van der Waals surface area contributed by atoms with Gasteiger partial charge in [-0.1, -0.05) is 36.4 Å². The van der Waals surface area contributed by atoms with Crippen LogP contribution in [0, 0.1) is 12.8 Å². The normalized spacial score (nSPS) is 16.7. The molecule has 0 bridgehead atoms. The second kappa shape index (κ2) is 7.60. The van der Waals surface area contributed by atoms with E-state index < -0.39 is 0 Å². The van der Waals surface area contributed by atoms with E-state index in [1.54, 1.807) is 24.0 Å². The number of rotatable bonds is 5. The van der Waals surface area contributed by atoms with Crippen molar-refractivity contribution in [3.63, 3.8) is 0 Å². The first-order valence-corrected chi connectivity index (χ1v) is 8.73. The predicted octanol–water partition coefficient (Wildman–Crippen LogP) is 3.02. The Kier molecular flexibility index (Phi) is 5.26. The Morgan fingerprint density at radius 1 is 1.23 bits per heavy atom. The van der Waals surface area contributed by atoms with E-state index in [2.05, 4.69) is 0 Å². The molecule has 0 spiro atoms. The zero-order chi connectivity index (χ0) is 18.7. The van der Waals surface area contributed by atoms with E-state index >= 15 is 0 Å². The lowest BCUT2D eigenvalue weighted by Crippen LogP contribution is -2.34. The van der Waals surface area contributed by atoms with Crippen LogP contribution >= 0.6 is 0 Å². The lowest BCUT2D eigenvalue weighted by Gasteiger charge is -2.22. The van der Waals surface area contributed by atoms with Crippen molar-refractivity contribution in [2.75, 3.05) is 25.6 Å². The number of carbonyl (C=O) groups is 2. The lowest BCUT2D eigenvalue weighted by molar-refractivity contribution is -0.135. The van der Waals surface area contributed by atoms with E-state index in [9.17, 15) is 9.59 Å². The van der Waals surface area contributed by atoms with Gasteiger partial charge in [-0.15, -0.1) is 0 Å². The molecule has 0 saturated carbocycles. The van der Waals surface area contributed by atoms with Gasteiger partial charge in [0, 0.05) is 26.6 Å². The summed E-state index contributed by atoms with van der Waals surface area (Å²) in [5.74, 6) is 0.271. The molecule has 5 heteroatoms. The maximum atomic E-state index is 12.8. The van der Waals surface area contributed by atoms with E-state index in [1.807, 2.05) is 55.5 Å². The van der Waals surface area contributed by atoms with Crippen LogP contribution in [0.15, 0.2) is 48.5 Å². The Bertz CT molecular complexity index is 804. The van der Waals surface area contributed by atoms with Gasteiger partial charge in [0.2, 0.25) is 11.8 Å². The molecule has 0 aliphatic carbocycles. The molecule has 1 atom stereocenters. The van der Waals surface area contributed by atoms with E-state index in [4.69, 9.17) is 4.74 Å². The van der Waals surface area contributed by atoms with Crippen molar-refractivity contribution in [2.24, 2.45) is 5.92 Å². The summed E-state index contributed by atoms with van der Waals surface area (Å²) in [7, 11) is 3.38. The SMILES string of the molecule is COc1ccc(C)cc1N1CC(C(=O)N(C)Cc2ccccc2)CC1=O. The zero-order valence-electron chi connectivity index (χ0n) is 15.4. The van der Waals surface area contributed by atoms with E-state index in [0.29, 0.717) is 18.8 Å². The first kappa shape index (κ1) is 18.0. The molecule has 136 valence electrons. The minimum absolute atomic E-state index is 0.00340. The Hall–Kier alpha value is -2.82. The summed E-state index contributed by atoms with van der Waals surface area (Å²) in [5, 5.41) is 0. The molecule has 1 heterocycles. The van der Waals surface area contributed by atoms with Crippen molar-refractivity contribution in [3.05, 3.63) is 59.7 Å². The molecule has 0 aromatic heterocycles. The van der Waals surface area contributed by atoms with Gasteiger partial charge in [-0.3, -0.25) is 9.59 Å². The van der Waals surface area contributed by atoms with Gasteiger partial charge in [0.15, 0.2) is 0 Å². The number of anilines is 1. The standard InChI is InChI=1S/C21H24N2O3/c1-15-9-10-19(26-3)18(11-15)23-14-17(12-20(23)24)21(25)22(2)13-16-7-5-4-6-8-16/h4-11,17H,12-14H2,1-3H3. The highest BCUT2D eigenvalue weighted by Gasteiger charge is 2.37. The monoisotopic (exact) mass is 352 g/mol. The van der Waals surface area contributed by atoms with Crippen LogP contribution in [0.5, 0.6) is 5.75 Å². The fourth-order valence-corrected chi connectivity index (χ4v) is 3.36. The molecule has 0 N–H and O–H groups in total. The number of hydrogen-bond donors (Lipinski definition) is 0. The van der Waals surface area contributed by atoms with Gasteiger partial charge >= 0.3 is 0 Å². The first-order chi connectivity index (χ1) is 12.5. The molecular formula is C21H24N2O3. The molecule has 26 heavy (non-hydrogen) atoms. The van der Waals surface area contributed by atoms with E-state index in [0.717, 1.165) is 16.8 Å². The molecule has 3 rings (SSSR count). The van der Waals surface area contributed by atoms with Crippen LogP contribution in [0.25, 0.3) is 0 Å². The van der Waals surface area contributed by atoms with Crippen LogP contribution in [0.2, 0.25) is 0 Å². The number of carbonyl (C=O) groups excluding carboxylic acids is 2. The van der Waals surface area contributed by atoms with Gasteiger partial charge in [-0.05, 0) is 30.2 Å². The highest BCUT2D eigenvalue weighted by Crippen LogP contribution is 2.34. The fourth-order valence-electron chi connectivity index (χ4n) is 3.36. The van der Waals surface area contributed by atoms with Gasteiger partial charge in [-0.25, -0.2) is 0 Å². The summed E-state index contributed by atoms with van der Waals surface area (Å²) in [6, 6.07) is 15.6. The van der Waals surface area contributed by atoms with Gasteiger partial charge < -0.3 is 14.5 Å². The van der Waals surface area contributed by atoms with Crippen LogP contribution in [-0.2, 0) is 16.1 Å². The number of aryl methyl sites for hydroxylation is 1. The molecule has 5 nitrogen and oxygen atoms in total. The fraction of sp³-hybridized carbons (Fsp3) is 0.333. The molecule has 1 saturated heterocycles. The molecular weight excluding hydrogens is 328 g/mol. The molecule has 1 aliphatic rings. The second-order valence-corrected chi connectivity index (χ2v) is 6.76. The van der Waals surface area contributed by atoms with Crippen LogP contribution in [-0.4, -0.2) is 37.4 Å². The summed E-state index contributed by atoms with van der Waals surface area (Å²) in [4.78, 5) is 28.7. The maximum absolute atomic E-state index is 12.8. The predicted molar refractivity (Wildman–Crippen MR) is 101 cm³/mol. The average molecular weight is 352 g/mol. The summed E-state index contributed by atoms with van der Waals surface area (Å²) in [6.45, 7) is 2.90. The topological polar surface area (TPSA) is 49.9 Å². The zero-order valence-corrected chi connectivity index (χ0v) is 15.4. The van der Waals surface area contributed by atoms with Gasteiger partial charge in [-0.2, -0.15) is 0 Å². The highest BCUT2D eigenvalue weighted by atomic mass is 16.5. The third-order valence-corrected chi connectivity index (χ3v) is 4.74. The summed E-state index contributed by atoms with van der Waals surface area (Å²) in [5.41, 5.74) is 2.85. The second-order valence-electron chi connectivity index (χ2n) is 6.76. The molecule has 1 fully saturated rings. The van der Waals surface area contributed by atoms with Gasteiger partial charge in [0.1, 0.15) is 5.75 Å². The van der Waals surface area contributed by atoms with Crippen molar-refractivity contribution in [2.45, 2.75) is 19.9 Å². The van der Waals surface area contributed by atoms with Crippen LogP contribution < -0.4 is 9.64 Å². The molecule has 2 aromatic rings.